The molecule has 1 aliphatic rings. The van der Waals surface area contributed by atoms with Crippen molar-refractivity contribution in [1.29, 1.82) is 0 Å². The van der Waals surface area contributed by atoms with E-state index in [1.165, 1.54) is 11.4 Å². The Morgan fingerprint density at radius 3 is 2.38 bits per heavy atom. The summed E-state index contributed by atoms with van der Waals surface area (Å²) >= 11 is 6.04. The van der Waals surface area contributed by atoms with Gasteiger partial charge in [0.25, 0.3) is 0 Å². The van der Waals surface area contributed by atoms with Crippen molar-refractivity contribution in [2.75, 3.05) is 38.6 Å². The van der Waals surface area contributed by atoms with Crippen LogP contribution in [0.2, 0.25) is 5.02 Å². The molecular weight excluding hydrogens is 450 g/mol. The second kappa shape index (κ2) is 10.7. The smallest absolute Gasteiger partial charge is 0.243 e. The molecule has 7 nitrogen and oxygen atoms in total. The molecule has 174 valence electrons. The molecule has 0 saturated carbocycles. The molecule has 1 atom stereocenters. The number of piperazine rings is 1. The summed E-state index contributed by atoms with van der Waals surface area (Å²) in [5, 5.41) is 3.36. The molecule has 0 aromatic heterocycles. The quantitative estimate of drug-likeness (QED) is 0.625. The lowest BCUT2D eigenvalue weighted by atomic mass is 10.1. The molecule has 1 saturated heterocycles. The molecule has 1 heterocycles. The number of hydrogen-bond acceptors (Lipinski definition) is 5. The number of halogens is 1. The van der Waals surface area contributed by atoms with Crippen molar-refractivity contribution >= 4 is 33.2 Å². The maximum atomic E-state index is 13.0. The number of hydrogen-bond donors (Lipinski definition) is 1. The first-order valence-electron chi connectivity index (χ1n) is 10.7. The van der Waals surface area contributed by atoms with Crippen molar-refractivity contribution in [1.82, 2.24) is 9.21 Å². The van der Waals surface area contributed by atoms with Crippen LogP contribution < -0.4 is 10.1 Å². The van der Waals surface area contributed by atoms with E-state index in [9.17, 15) is 13.2 Å². The SMILES string of the molecule is CCCc1ccc(S(=O)(=O)N2CCN([C@H](C)C(=O)Nc3cc(Cl)ccc3OC)CC2)cc1. The first-order valence-corrected chi connectivity index (χ1v) is 12.6. The highest BCUT2D eigenvalue weighted by Crippen LogP contribution is 2.28. The highest BCUT2D eigenvalue weighted by Gasteiger charge is 2.32. The summed E-state index contributed by atoms with van der Waals surface area (Å²) in [6, 6.07) is 11.7. The summed E-state index contributed by atoms with van der Waals surface area (Å²) in [6.07, 6.45) is 1.95. The molecule has 0 radical (unpaired) electrons. The molecule has 0 spiro atoms. The molecule has 2 aromatic carbocycles. The average Bonchev–Trinajstić information content (AvgIpc) is 2.79. The van der Waals surface area contributed by atoms with E-state index in [1.807, 2.05) is 24.0 Å². The maximum absolute atomic E-state index is 13.0. The Morgan fingerprint density at radius 2 is 1.78 bits per heavy atom. The minimum absolute atomic E-state index is 0.201. The highest BCUT2D eigenvalue weighted by atomic mass is 35.5. The van der Waals surface area contributed by atoms with Crippen LogP contribution in [-0.4, -0.2) is 62.9 Å². The van der Waals surface area contributed by atoms with E-state index in [-0.39, 0.29) is 5.91 Å². The summed E-state index contributed by atoms with van der Waals surface area (Å²) in [5.74, 6) is 0.323. The minimum Gasteiger partial charge on any atom is -0.495 e. The van der Waals surface area contributed by atoms with Gasteiger partial charge in [-0.05, 0) is 49.2 Å². The number of aryl methyl sites for hydroxylation is 1. The van der Waals surface area contributed by atoms with E-state index in [0.717, 1.165) is 18.4 Å². The number of rotatable bonds is 8. The van der Waals surface area contributed by atoms with Gasteiger partial charge < -0.3 is 10.1 Å². The normalized spacial score (nSPS) is 16.5. The van der Waals surface area contributed by atoms with E-state index in [4.69, 9.17) is 16.3 Å². The fourth-order valence-corrected chi connectivity index (χ4v) is 5.37. The van der Waals surface area contributed by atoms with Gasteiger partial charge in [0, 0.05) is 31.2 Å². The number of carbonyl (C=O) groups is 1. The fourth-order valence-electron chi connectivity index (χ4n) is 3.78. The van der Waals surface area contributed by atoms with Crippen molar-refractivity contribution in [2.45, 2.75) is 37.6 Å². The number of amides is 1. The fraction of sp³-hybridized carbons (Fsp3) is 0.435. The number of sulfonamides is 1. The van der Waals surface area contributed by atoms with Gasteiger partial charge in [-0.3, -0.25) is 9.69 Å². The molecule has 3 rings (SSSR count). The van der Waals surface area contributed by atoms with Gasteiger partial charge >= 0.3 is 0 Å². The number of carbonyl (C=O) groups excluding carboxylic acids is 1. The van der Waals surface area contributed by atoms with Crippen molar-refractivity contribution in [2.24, 2.45) is 0 Å². The predicted molar refractivity (Wildman–Crippen MR) is 127 cm³/mol. The Labute approximate surface area is 195 Å². The molecule has 9 heteroatoms. The third-order valence-corrected chi connectivity index (χ3v) is 7.87. The van der Waals surface area contributed by atoms with Crippen LogP contribution in [0.1, 0.15) is 25.8 Å². The van der Waals surface area contributed by atoms with Gasteiger partial charge in [-0.1, -0.05) is 37.1 Å². The van der Waals surface area contributed by atoms with Crippen LogP contribution in [0.25, 0.3) is 0 Å². The summed E-state index contributed by atoms with van der Waals surface area (Å²) in [5.41, 5.74) is 1.64. The Morgan fingerprint density at radius 1 is 1.12 bits per heavy atom. The monoisotopic (exact) mass is 479 g/mol. The van der Waals surface area contributed by atoms with Crippen LogP contribution in [-0.2, 0) is 21.2 Å². The Hall–Kier alpha value is -2.13. The zero-order valence-corrected chi connectivity index (χ0v) is 20.2. The van der Waals surface area contributed by atoms with Crippen LogP contribution in [0.15, 0.2) is 47.4 Å². The van der Waals surface area contributed by atoms with Crippen LogP contribution in [0, 0.1) is 0 Å². The summed E-state index contributed by atoms with van der Waals surface area (Å²) in [4.78, 5) is 15.1. The van der Waals surface area contributed by atoms with Gasteiger partial charge in [-0.25, -0.2) is 8.42 Å². The number of anilines is 1. The summed E-state index contributed by atoms with van der Waals surface area (Å²) in [7, 11) is -2.02. The minimum atomic E-state index is -3.55. The number of nitrogens with zero attached hydrogens (tertiary/aromatic N) is 2. The Balaban J connectivity index is 1.61. The second-order valence-corrected chi connectivity index (χ2v) is 10.2. The lowest BCUT2D eigenvalue weighted by Gasteiger charge is -2.36. The average molecular weight is 480 g/mol. The zero-order valence-electron chi connectivity index (χ0n) is 18.7. The third-order valence-electron chi connectivity index (χ3n) is 5.72. The van der Waals surface area contributed by atoms with Crippen LogP contribution in [0.3, 0.4) is 0 Å². The van der Waals surface area contributed by atoms with Gasteiger partial charge in [-0.2, -0.15) is 4.31 Å². The van der Waals surface area contributed by atoms with Gasteiger partial charge in [0.1, 0.15) is 5.75 Å². The second-order valence-electron chi connectivity index (χ2n) is 7.84. The third kappa shape index (κ3) is 5.61. The maximum Gasteiger partial charge on any atom is 0.243 e. The molecule has 1 amide bonds. The van der Waals surface area contributed by atoms with Crippen LogP contribution >= 0.6 is 11.6 Å². The predicted octanol–water partition coefficient (Wildman–Crippen LogP) is 3.63. The molecule has 32 heavy (non-hydrogen) atoms. The summed E-state index contributed by atoms with van der Waals surface area (Å²) in [6.45, 7) is 5.50. The van der Waals surface area contributed by atoms with Crippen molar-refractivity contribution in [3.8, 4) is 5.75 Å². The lowest BCUT2D eigenvalue weighted by molar-refractivity contribution is -0.121. The first kappa shape index (κ1) is 24.5. The lowest BCUT2D eigenvalue weighted by Crippen LogP contribution is -2.53. The first-order chi connectivity index (χ1) is 15.3. The van der Waals surface area contributed by atoms with E-state index in [0.29, 0.717) is 47.5 Å². The van der Waals surface area contributed by atoms with Crippen LogP contribution in [0.4, 0.5) is 5.69 Å². The van der Waals surface area contributed by atoms with Crippen molar-refractivity contribution in [3.05, 3.63) is 53.1 Å². The molecule has 0 unspecified atom stereocenters. The largest absolute Gasteiger partial charge is 0.495 e. The van der Waals surface area contributed by atoms with E-state index < -0.39 is 16.1 Å². The molecule has 2 aromatic rings. The molecule has 1 fully saturated rings. The van der Waals surface area contributed by atoms with E-state index >= 15 is 0 Å². The van der Waals surface area contributed by atoms with E-state index in [1.54, 1.807) is 30.3 Å². The number of benzene rings is 2. The summed E-state index contributed by atoms with van der Waals surface area (Å²) < 4.78 is 32.8. The van der Waals surface area contributed by atoms with Gasteiger partial charge in [0.05, 0.1) is 23.7 Å². The van der Waals surface area contributed by atoms with Crippen LogP contribution in [0.5, 0.6) is 5.75 Å². The number of nitrogens with one attached hydrogen (secondary N) is 1. The topological polar surface area (TPSA) is 79.0 Å². The van der Waals surface area contributed by atoms with Gasteiger partial charge in [0.15, 0.2) is 0 Å². The molecular formula is C23H30ClN3O4S. The number of ether oxygens (including phenoxy) is 1. The molecule has 0 aliphatic carbocycles. The van der Waals surface area contributed by atoms with Gasteiger partial charge in [-0.15, -0.1) is 0 Å². The molecule has 1 aliphatic heterocycles. The highest BCUT2D eigenvalue weighted by molar-refractivity contribution is 7.89. The van der Waals surface area contributed by atoms with E-state index in [2.05, 4.69) is 12.2 Å². The Kier molecular flexibility index (Phi) is 8.16. The number of methoxy groups -OCH3 is 1. The standard InChI is InChI=1S/C23H30ClN3O4S/c1-4-5-18-6-9-20(10-7-18)32(29,30)27-14-12-26(13-15-27)17(2)23(28)25-21-16-19(24)8-11-22(21)31-3/h6-11,16-17H,4-5,12-15H2,1-3H3,(H,25,28)/t17-/m1/s1. The molecule has 0 bridgehead atoms. The zero-order chi connectivity index (χ0) is 23.3. The Bertz CT molecular complexity index is 1040. The van der Waals surface area contributed by atoms with Crippen molar-refractivity contribution < 1.29 is 17.9 Å². The van der Waals surface area contributed by atoms with Gasteiger partial charge in [0.2, 0.25) is 15.9 Å². The van der Waals surface area contributed by atoms with Crippen molar-refractivity contribution in [3.63, 3.8) is 0 Å². The molecule has 1 N–H and O–H groups in total.